The third-order valence-electron chi connectivity index (χ3n) is 4.69. The van der Waals surface area contributed by atoms with Crippen LogP contribution in [0, 0.1) is 5.92 Å². The second-order valence-electron chi connectivity index (χ2n) is 8.71. The van der Waals surface area contributed by atoms with E-state index >= 15 is 0 Å². The molecule has 3 atom stereocenters. The first-order valence-electron chi connectivity index (χ1n) is 10.7. The molecule has 0 saturated carbocycles. The molecule has 0 bridgehead atoms. The fraction of sp³-hybridized carbons (Fsp3) is 0.400. The highest BCUT2D eigenvalue weighted by Crippen LogP contribution is 2.16. The zero-order valence-corrected chi connectivity index (χ0v) is 19.2. The number of ether oxygens (including phenoxy) is 2. The molecule has 0 spiro atoms. The van der Waals surface area contributed by atoms with Crippen molar-refractivity contribution in [2.24, 2.45) is 11.7 Å². The average molecular weight is 457 g/mol. The molecule has 178 valence electrons. The van der Waals surface area contributed by atoms with E-state index in [1.807, 2.05) is 36.4 Å². The van der Waals surface area contributed by atoms with E-state index in [1.54, 1.807) is 45.0 Å². The van der Waals surface area contributed by atoms with Gasteiger partial charge in [-0.15, -0.1) is 0 Å². The van der Waals surface area contributed by atoms with Crippen molar-refractivity contribution in [1.29, 1.82) is 0 Å². The van der Waals surface area contributed by atoms with Crippen LogP contribution in [0.25, 0.3) is 0 Å². The highest BCUT2D eigenvalue weighted by molar-refractivity contribution is 6.03. The van der Waals surface area contributed by atoms with Crippen LogP contribution in [-0.4, -0.2) is 47.2 Å². The van der Waals surface area contributed by atoms with Gasteiger partial charge in [-0.3, -0.25) is 14.4 Å². The molecule has 2 aromatic rings. The van der Waals surface area contributed by atoms with Crippen LogP contribution in [0.5, 0.6) is 0 Å². The van der Waals surface area contributed by atoms with Gasteiger partial charge in [-0.05, 0) is 38.3 Å². The summed E-state index contributed by atoms with van der Waals surface area (Å²) >= 11 is 0. The van der Waals surface area contributed by atoms with Crippen molar-refractivity contribution in [3.8, 4) is 0 Å². The first kappa shape index (κ1) is 26.0. The van der Waals surface area contributed by atoms with E-state index in [-0.39, 0.29) is 13.2 Å². The minimum Gasteiger partial charge on any atom is -0.460 e. The Labute approximate surface area is 194 Å². The van der Waals surface area contributed by atoms with Crippen LogP contribution in [0.15, 0.2) is 60.7 Å². The van der Waals surface area contributed by atoms with Crippen LogP contribution < -0.4 is 11.1 Å². The Morgan fingerprint density at radius 1 is 0.939 bits per heavy atom. The molecule has 0 aliphatic carbocycles. The molecule has 0 heterocycles. The van der Waals surface area contributed by atoms with E-state index in [1.165, 1.54) is 0 Å². The minimum atomic E-state index is -1.64. The maximum atomic E-state index is 13.0. The molecular weight excluding hydrogens is 424 g/mol. The summed E-state index contributed by atoms with van der Waals surface area (Å²) in [7, 11) is 0. The quantitative estimate of drug-likeness (QED) is 0.367. The number of rotatable bonds is 10. The van der Waals surface area contributed by atoms with Gasteiger partial charge in [0, 0.05) is 0 Å². The number of benzene rings is 2. The molecule has 2 rings (SSSR count). The van der Waals surface area contributed by atoms with Crippen LogP contribution in [0.3, 0.4) is 0 Å². The van der Waals surface area contributed by atoms with Crippen LogP contribution >= 0.6 is 0 Å². The van der Waals surface area contributed by atoms with Gasteiger partial charge in [-0.25, -0.2) is 0 Å². The van der Waals surface area contributed by atoms with Gasteiger partial charge >= 0.3 is 11.9 Å². The maximum absolute atomic E-state index is 13.0. The molecule has 0 aliphatic heterocycles. The Morgan fingerprint density at radius 2 is 1.48 bits per heavy atom. The number of hydrogen-bond donors (Lipinski definition) is 3. The molecule has 0 aliphatic rings. The van der Waals surface area contributed by atoms with Crippen molar-refractivity contribution < 1.29 is 29.0 Å². The van der Waals surface area contributed by atoms with Gasteiger partial charge in [-0.2, -0.15) is 0 Å². The largest absolute Gasteiger partial charge is 0.460 e. The summed E-state index contributed by atoms with van der Waals surface area (Å²) in [5, 5.41) is 12.4. The van der Waals surface area contributed by atoms with E-state index in [0.29, 0.717) is 6.42 Å². The molecule has 8 nitrogen and oxygen atoms in total. The normalized spacial score (nSPS) is 14.0. The summed E-state index contributed by atoms with van der Waals surface area (Å²) < 4.78 is 10.6. The molecule has 2 aromatic carbocycles. The number of nitrogens with two attached hydrogens (primary N) is 1. The molecule has 1 amide bonds. The molecule has 33 heavy (non-hydrogen) atoms. The van der Waals surface area contributed by atoms with Crippen LogP contribution in [0.2, 0.25) is 0 Å². The second kappa shape index (κ2) is 12.1. The molecule has 8 heteroatoms. The Kier molecular flexibility index (Phi) is 9.57. The molecule has 0 saturated heterocycles. The van der Waals surface area contributed by atoms with Crippen molar-refractivity contribution >= 4 is 17.8 Å². The molecular formula is C25H32N2O6. The summed E-state index contributed by atoms with van der Waals surface area (Å²) in [4.78, 5) is 38.4. The van der Waals surface area contributed by atoms with Crippen molar-refractivity contribution in [1.82, 2.24) is 5.32 Å². The zero-order chi connectivity index (χ0) is 24.4. The molecule has 1 unspecified atom stereocenters. The topological polar surface area (TPSA) is 128 Å². The number of amides is 1. The summed E-state index contributed by atoms with van der Waals surface area (Å²) in [6.07, 6.45) is 0.331. The number of nitrogens with one attached hydrogen (secondary N) is 1. The number of esters is 2. The van der Waals surface area contributed by atoms with E-state index in [4.69, 9.17) is 15.2 Å². The fourth-order valence-corrected chi connectivity index (χ4v) is 3.09. The minimum absolute atomic E-state index is 0.0523. The summed E-state index contributed by atoms with van der Waals surface area (Å²) in [5.41, 5.74) is 6.74. The number of hydrogen-bond acceptors (Lipinski definition) is 7. The van der Waals surface area contributed by atoms with Gasteiger partial charge < -0.3 is 25.6 Å². The second-order valence-corrected chi connectivity index (χ2v) is 8.71. The molecule has 0 radical (unpaired) electrons. The number of carbonyl (C=O) groups is 3. The Hall–Kier alpha value is -3.23. The third kappa shape index (κ3) is 8.67. The maximum Gasteiger partial charge on any atom is 0.324 e. The van der Waals surface area contributed by atoms with Crippen molar-refractivity contribution in [3.63, 3.8) is 0 Å². The smallest absolute Gasteiger partial charge is 0.324 e. The van der Waals surface area contributed by atoms with E-state index in [2.05, 4.69) is 5.32 Å². The van der Waals surface area contributed by atoms with Crippen LogP contribution in [0.1, 0.15) is 31.9 Å². The highest BCUT2D eigenvalue weighted by atomic mass is 16.6. The monoisotopic (exact) mass is 456 g/mol. The lowest BCUT2D eigenvalue weighted by molar-refractivity contribution is -0.168. The van der Waals surface area contributed by atoms with Gasteiger partial charge in [0.25, 0.3) is 0 Å². The molecule has 0 fully saturated rings. The number of carbonyl (C=O) groups excluding carboxylic acids is 3. The predicted molar refractivity (Wildman–Crippen MR) is 123 cm³/mol. The zero-order valence-electron chi connectivity index (χ0n) is 19.2. The van der Waals surface area contributed by atoms with Crippen LogP contribution in [0.4, 0.5) is 0 Å². The van der Waals surface area contributed by atoms with Crippen molar-refractivity contribution in [3.05, 3.63) is 71.8 Å². The standard InChI is InChI=1S/C25H32N2O6/c1-25(2,3)33-23(30)20(21(26)24(31)32-16-18-12-8-5-9-13-18)22(29)27-19(15-28)14-17-10-6-4-7-11-17/h4-13,19-21,28H,14-16,26H2,1-3H3,(H,27,29)/t19-,20+,21?/m0/s1. The third-order valence-corrected chi connectivity index (χ3v) is 4.69. The van der Waals surface area contributed by atoms with E-state index in [0.717, 1.165) is 11.1 Å². The van der Waals surface area contributed by atoms with E-state index < -0.39 is 41.4 Å². The lowest BCUT2D eigenvalue weighted by Crippen LogP contribution is -2.54. The summed E-state index contributed by atoms with van der Waals surface area (Å²) in [6, 6.07) is 15.9. The Bertz CT molecular complexity index is 911. The van der Waals surface area contributed by atoms with Gasteiger partial charge in [0.2, 0.25) is 5.91 Å². The van der Waals surface area contributed by atoms with Crippen LogP contribution in [-0.2, 0) is 36.9 Å². The van der Waals surface area contributed by atoms with Gasteiger partial charge in [0.05, 0.1) is 12.6 Å². The summed E-state index contributed by atoms with van der Waals surface area (Å²) in [5.74, 6) is -4.31. The molecule has 4 N–H and O–H groups in total. The summed E-state index contributed by atoms with van der Waals surface area (Å²) in [6.45, 7) is 4.51. The lowest BCUT2D eigenvalue weighted by Gasteiger charge is -2.27. The number of aliphatic hydroxyl groups excluding tert-OH is 1. The first-order chi connectivity index (χ1) is 15.6. The van der Waals surface area contributed by atoms with Gasteiger partial charge in [-0.1, -0.05) is 60.7 Å². The lowest BCUT2D eigenvalue weighted by atomic mass is 9.97. The van der Waals surface area contributed by atoms with Gasteiger partial charge in [0.15, 0.2) is 5.92 Å². The van der Waals surface area contributed by atoms with Crippen molar-refractivity contribution in [2.45, 2.75) is 51.5 Å². The first-order valence-corrected chi connectivity index (χ1v) is 10.7. The highest BCUT2D eigenvalue weighted by Gasteiger charge is 2.41. The predicted octanol–water partition coefficient (Wildman–Crippen LogP) is 1.73. The Balaban J connectivity index is 2.14. The van der Waals surface area contributed by atoms with Crippen molar-refractivity contribution in [2.75, 3.05) is 6.61 Å². The number of aliphatic hydroxyl groups is 1. The average Bonchev–Trinajstić information content (AvgIpc) is 2.77. The van der Waals surface area contributed by atoms with Gasteiger partial charge in [0.1, 0.15) is 18.2 Å². The Morgan fingerprint density at radius 3 is 2.00 bits per heavy atom. The molecule has 0 aromatic heterocycles. The van der Waals surface area contributed by atoms with E-state index in [9.17, 15) is 19.5 Å². The SMILES string of the molecule is CC(C)(C)OC(=O)[C@@H](C(=O)N[C@H](CO)Cc1ccccc1)C(N)C(=O)OCc1ccccc1. The fourth-order valence-electron chi connectivity index (χ4n) is 3.09.